The van der Waals surface area contributed by atoms with Gasteiger partial charge in [-0.3, -0.25) is 9.78 Å². The molecule has 1 heterocycles. The molecule has 2 rings (SSSR count). The first-order valence-electron chi connectivity index (χ1n) is 4.69. The van der Waals surface area contributed by atoms with Gasteiger partial charge in [-0.2, -0.15) is 0 Å². The number of hydrogen-bond acceptors (Lipinski definition) is 3. The van der Waals surface area contributed by atoms with Gasteiger partial charge in [-0.15, -0.1) is 0 Å². The van der Waals surface area contributed by atoms with Crippen LogP contribution in [0.4, 0.5) is 5.69 Å². The summed E-state index contributed by atoms with van der Waals surface area (Å²) < 4.78 is 0.850. The summed E-state index contributed by atoms with van der Waals surface area (Å²) in [6.45, 7) is 0. The zero-order valence-electron chi connectivity index (χ0n) is 8.35. The molecule has 16 heavy (non-hydrogen) atoms. The summed E-state index contributed by atoms with van der Waals surface area (Å²) in [7, 11) is 0. The van der Waals surface area contributed by atoms with Crippen LogP contribution in [0.3, 0.4) is 0 Å². The first kappa shape index (κ1) is 10.8. The van der Waals surface area contributed by atoms with Crippen molar-refractivity contribution in [1.29, 1.82) is 0 Å². The number of nitrogens with two attached hydrogens (primary N) is 1. The minimum atomic E-state index is -0.161. The maximum absolute atomic E-state index is 12.0. The fourth-order valence-corrected chi connectivity index (χ4v) is 1.75. The fourth-order valence-electron chi connectivity index (χ4n) is 1.38. The first-order valence-corrected chi connectivity index (χ1v) is 5.48. The highest BCUT2D eigenvalue weighted by molar-refractivity contribution is 9.10. The van der Waals surface area contributed by atoms with E-state index in [0.29, 0.717) is 16.9 Å². The zero-order chi connectivity index (χ0) is 11.5. The van der Waals surface area contributed by atoms with Crippen LogP contribution in [-0.2, 0) is 0 Å². The normalized spacial score (nSPS) is 10.1. The van der Waals surface area contributed by atoms with Gasteiger partial charge in [0, 0.05) is 21.9 Å². The molecule has 0 saturated carbocycles. The quantitative estimate of drug-likeness (QED) is 0.678. The number of pyridine rings is 1. The molecule has 0 bridgehead atoms. The lowest BCUT2D eigenvalue weighted by molar-refractivity contribution is 0.103. The van der Waals surface area contributed by atoms with Gasteiger partial charge >= 0.3 is 0 Å². The third kappa shape index (κ3) is 2.12. The van der Waals surface area contributed by atoms with E-state index in [4.69, 9.17) is 5.73 Å². The predicted molar refractivity (Wildman–Crippen MR) is 66.2 cm³/mol. The summed E-state index contributed by atoms with van der Waals surface area (Å²) in [5.41, 5.74) is 7.10. The highest BCUT2D eigenvalue weighted by Crippen LogP contribution is 2.20. The van der Waals surface area contributed by atoms with Gasteiger partial charge in [-0.25, -0.2) is 0 Å². The number of aromatic nitrogens is 1. The first-order chi connectivity index (χ1) is 7.68. The number of anilines is 1. The van der Waals surface area contributed by atoms with Crippen LogP contribution in [0.2, 0.25) is 0 Å². The van der Waals surface area contributed by atoms with E-state index in [1.54, 1.807) is 42.6 Å². The van der Waals surface area contributed by atoms with Crippen molar-refractivity contribution in [1.82, 2.24) is 4.98 Å². The van der Waals surface area contributed by atoms with Crippen LogP contribution in [0.25, 0.3) is 0 Å². The Morgan fingerprint density at radius 1 is 1.25 bits per heavy atom. The van der Waals surface area contributed by atoms with Crippen LogP contribution in [0, 0.1) is 0 Å². The summed E-state index contributed by atoms with van der Waals surface area (Å²) in [5, 5.41) is 0. The number of benzene rings is 1. The molecule has 80 valence electrons. The Morgan fingerprint density at radius 3 is 2.69 bits per heavy atom. The zero-order valence-corrected chi connectivity index (χ0v) is 9.94. The van der Waals surface area contributed by atoms with E-state index in [2.05, 4.69) is 20.9 Å². The molecule has 2 N–H and O–H groups in total. The van der Waals surface area contributed by atoms with Crippen LogP contribution >= 0.6 is 15.9 Å². The Morgan fingerprint density at radius 2 is 2.06 bits per heavy atom. The summed E-state index contributed by atoms with van der Waals surface area (Å²) in [6, 6.07) is 10.4. The molecule has 1 aromatic heterocycles. The third-order valence-electron chi connectivity index (χ3n) is 2.16. The third-order valence-corrected chi connectivity index (χ3v) is 2.65. The van der Waals surface area contributed by atoms with Crippen molar-refractivity contribution in [3.8, 4) is 0 Å². The van der Waals surface area contributed by atoms with Gasteiger partial charge in [0.05, 0.1) is 0 Å². The van der Waals surface area contributed by atoms with Crippen molar-refractivity contribution in [2.75, 3.05) is 5.73 Å². The van der Waals surface area contributed by atoms with E-state index in [0.717, 1.165) is 4.47 Å². The Kier molecular flexibility index (Phi) is 3.01. The lowest BCUT2D eigenvalue weighted by Crippen LogP contribution is -2.06. The highest BCUT2D eigenvalue weighted by Gasteiger charge is 2.12. The number of nitrogen functional groups attached to an aromatic ring is 1. The van der Waals surface area contributed by atoms with Crippen molar-refractivity contribution in [2.45, 2.75) is 0 Å². The second kappa shape index (κ2) is 4.45. The van der Waals surface area contributed by atoms with E-state index in [1.807, 2.05) is 0 Å². The van der Waals surface area contributed by atoms with Crippen LogP contribution in [0.15, 0.2) is 47.1 Å². The van der Waals surface area contributed by atoms with Crippen molar-refractivity contribution in [3.05, 3.63) is 58.3 Å². The van der Waals surface area contributed by atoms with Crippen LogP contribution < -0.4 is 5.73 Å². The van der Waals surface area contributed by atoms with Gasteiger partial charge in [0.1, 0.15) is 5.69 Å². The highest BCUT2D eigenvalue weighted by atomic mass is 79.9. The number of carbonyl (C=O) groups excluding carboxylic acids is 1. The fraction of sp³-hybridized carbons (Fsp3) is 0. The second-order valence-corrected chi connectivity index (χ2v) is 4.19. The largest absolute Gasteiger partial charge is 0.398 e. The Balaban J connectivity index is 2.42. The molecular formula is C12H9BrN2O. The molecule has 0 amide bonds. The van der Waals surface area contributed by atoms with Gasteiger partial charge in [0.25, 0.3) is 0 Å². The SMILES string of the molecule is Nc1cc(Br)ccc1C(=O)c1ccccn1. The van der Waals surface area contributed by atoms with E-state index in [-0.39, 0.29) is 5.78 Å². The number of hydrogen-bond donors (Lipinski definition) is 1. The number of rotatable bonds is 2. The van der Waals surface area contributed by atoms with Crippen molar-refractivity contribution < 1.29 is 4.79 Å². The number of nitrogens with zero attached hydrogens (tertiary/aromatic N) is 1. The molecule has 0 spiro atoms. The van der Waals surface area contributed by atoms with E-state index in [1.165, 1.54) is 0 Å². The summed E-state index contributed by atoms with van der Waals surface area (Å²) >= 11 is 3.29. The van der Waals surface area contributed by atoms with E-state index in [9.17, 15) is 4.79 Å². The van der Waals surface area contributed by atoms with Crippen molar-refractivity contribution >= 4 is 27.4 Å². The Hall–Kier alpha value is -1.68. The van der Waals surface area contributed by atoms with Crippen molar-refractivity contribution in [3.63, 3.8) is 0 Å². The molecule has 0 radical (unpaired) electrons. The average Bonchev–Trinajstić information content (AvgIpc) is 2.29. The number of carbonyl (C=O) groups is 1. The smallest absolute Gasteiger partial charge is 0.213 e. The lowest BCUT2D eigenvalue weighted by Gasteiger charge is -2.04. The van der Waals surface area contributed by atoms with Gasteiger partial charge in [0.15, 0.2) is 0 Å². The monoisotopic (exact) mass is 276 g/mol. The Bertz CT molecular complexity index is 526. The Labute approximate surface area is 101 Å². The molecule has 4 heteroatoms. The van der Waals surface area contributed by atoms with Gasteiger partial charge in [-0.1, -0.05) is 22.0 Å². The molecule has 0 aliphatic carbocycles. The van der Waals surface area contributed by atoms with Crippen LogP contribution in [-0.4, -0.2) is 10.8 Å². The van der Waals surface area contributed by atoms with E-state index >= 15 is 0 Å². The molecule has 3 nitrogen and oxygen atoms in total. The van der Waals surface area contributed by atoms with Gasteiger partial charge in [0.2, 0.25) is 5.78 Å². The summed E-state index contributed by atoms with van der Waals surface area (Å²) in [4.78, 5) is 16.0. The number of ketones is 1. The van der Waals surface area contributed by atoms with Crippen molar-refractivity contribution in [2.24, 2.45) is 0 Å². The molecule has 0 aliphatic heterocycles. The second-order valence-electron chi connectivity index (χ2n) is 3.28. The summed E-state index contributed by atoms with van der Waals surface area (Å²) in [6.07, 6.45) is 1.59. The maximum Gasteiger partial charge on any atom is 0.213 e. The minimum absolute atomic E-state index is 0.161. The van der Waals surface area contributed by atoms with Crippen LogP contribution in [0.5, 0.6) is 0 Å². The van der Waals surface area contributed by atoms with Gasteiger partial charge < -0.3 is 5.73 Å². The molecule has 0 atom stereocenters. The topological polar surface area (TPSA) is 56.0 Å². The maximum atomic E-state index is 12.0. The minimum Gasteiger partial charge on any atom is -0.398 e. The molecule has 0 aliphatic rings. The molecule has 1 aromatic carbocycles. The standard InChI is InChI=1S/C12H9BrN2O/c13-8-4-5-9(10(14)7-8)12(16)11-3-1-2-6-15-11/h1-7H,14H2. The average molecular weight is 277 g/mol. The number of halogens is 1. The van der Waals surface area contributed by atoms with E-state index < -0.39 is 0 Å². The molecule has 0 unspecified atom stereocenters. The van der Waals surface area contributed by atoms with Crippen LogP contribution in [0.1, 0.15) is 16.1 Å². The molecule has 0 saturated heterocycles. The lowest BCUT2D eigenvalue weighted by atomic mass is 10.1. The molecule has 2 aromatic rings. The predicted octanol–water partition coefficient (Wildman–Crippen LogP) is 2.66. The molecule has 0 fully saturated rings. The molecular weight excluding hydrogens is 268 g/mol. The summed E-state index contributed by atoms with van der Waals surface area (Å²) in [5.74, 6) is -0.161. The van der Waals surface area contributed by atoms with Gasteiger partial charge in [-0.05, 0) is 30.3 Å².